The van der Waals surface area contributed by atoms with E-state index in [-0.39, 0.29) is 6.04 Å². The summed E-state index contributed by atoms with van der Waals surface area (Å²) in [7, 11) is 1.63. The Bertz CT molecular complexity index is 770. The number of hydrogen-bond donors (Lipinski definition) is 2. The molecule has 112 valence electrons. The lowest BCUT2D eigenvalue weighted by Crippen LogP contribution is -2.13. The number of nitrogens with two attached hydrogens (primary N) is 1. The maximum atomic E-state index is 6.23. The zero-order valence-corrected chi connectivity index (χ0v) is 12.7. The zero-order chi connectivity index (χ0) is 15.5. The van der Waals surface area contributed by atoms with Crippen LogP contribution < -0.4 is 10.5 Å². The normalized spacial score (nSPS) is 12.1. The largest absolute Gasteiger partial charge is 0.497 e. The van der Waals surface area contributed by atoms with Crippen LogP contribution >= 0.6 is 11.6 Å². The van der Waals surface area contributed by atoms with Crippen LogP contribution in [0, 0.1) is 0 Å². The summed E-state index contributed by atoms with van der Waals surface area (Å²) in [6, 6.07) is 14.5. The van der Waals surface area contributed by atoms with Gasteiger partial charge in [-0.15, -0.1) is 0 Å². The SMILES string of the molecule is COc1ccc(C(N)c2nc(-c3cccc(Cl)c3)n[nH]2)cc1. The molecule has 2 aromatic carbocycles. The molecule has 0 radical (unpaired) electrons. The van der Waals surface area contributed by atoms with Gasteiger partial charge in [0.1, 0.15) is 11.6 Å². The smallest absolute Gasteiger partial charge is 0.181 e. The van der Waals surface area contributed by atoms with Gasteiger partial charge in [0.15, 0.2) is 5.82 Å². The summed E-state index contributed by atoms with van der Waals surface area (Å²) in [4.78, 5) is 4.46. The Morgan fingerprint density at radius 3 is 2.64 bits per heavy atom. The van der Waals surface area contributed by atoms with Gasteiger partial charge in [-0.2, -0.15) is 5.10 Å². The van der Waals surface area contributed by atoms with E-state index in [1.165, 1.54) is 0 Å². The molecule has 0 aliphatic carbocycles. The van der Waals surface area contributed by atoms with Crippen molar-refractivity contribution in [2.45, 2.75) is 6.04 Å². The molecule has 5 nitrogen and oxygen atoms in total. The molecule has 22 heavy (non-hydrogen) atoms. The number of methoxy groups -OCH3 is 1. The number of benzene rings is 2. The first-order valence-corrected chi connectivity index (χ1v) is 7.13. The van der Waals surface area contributed by atoms with Gasteiger partial charge < -0.3 is 10.5 Å². The van der Waals surface area contributed by atoms with Crippen molar-refractivity contribution in [3.63, 3.8) is 0 Å². The van der Waals surface area contributed by atoms with Gasteiger partial charge >= 0.3 is 0 Å². The van der Waals surface area contributed by atoms with Crippen LogP contribution in [0.4, 0.5) is 0 Å². The fourth-order valence-electron chi connectivity index (χ4n) is 2.14. The van der Waals surface area contributed by atoms with Crippen LogP contribution in [0.1, 0.15) is 17.4 Å². The highest BCUT2D eigenvalue weighted by Crippen LogP contribution is 2.23. The van der Waals surface area contributed by atoms with Crippen LogP contribution in [0.3, 0.4) is 0 Å². The Morgan fingerprint density at radius 1 is 1.18 bits per heavy atom. The third kappa shape index (κ3) is 2.95. The van der Waals surface area contributed by atoms with Crippen molar-refractivity contribution in [2.75, 3.05) is 7.11 Å². The van der Waals surface area contributed by atoms with E-state index in [4.69, 9.17) is 22.1 Å². The summed E-state index contributed by atoms with van der Waals surface area (Å²) in [5, 5.41) is 7.74. The van der Waals surface area contributed by atoms with Gasteiger partial charge in [-0.3, -0.25) is 5.10 Å². The summed E-state index contributed by atoms with van der Waals surface area (Å²) in [6.07, 6.45) is 0. The number of hydrogen-bond acceptors (Lipinski definition) is 4. The van der Waals surface area contributed by atoms with Crippen molar-refractivity contribution in [3.8, 4) is 17.1 Å². The summed E-state index contributed by atoms with van der Waals surface area (Å²) < 4.78 is 5.14. The number of H-pyrrole nitrogens is 1. The van der Waals surface area contributed by atoms with Gasteiger partial charge in [0, 0.05) is 10.6 Å². The van der Waals surface area contributed by atoms with E-state index in [1.807, 2.05) is 48.5 Å². The zero-order valence-electron chi connectivity index (χ0n) is 12.0. The van der Waals surface area contributed by atoms with Crippen LogP contribution in [0.25, 0.3) is 11.4 Å². The molecule has 0 spiro atoms. The predicted octanol–water partition coefficient (Wildman–Crippen LogP) is 3.18. The van der Waals surface area contributed by atoms with Crippen molar-refractivity contribution >= 4 is 11.6 Å². The second-order valence-electron chi connectivity index (χ2n) is 4.81. The van der Waals surface area contributed by atoms with E-state index < -0.39 is 0 Å². The molecule has 0 saturated heterocycles. The molecule has 6 heteroatoms. The molecule has 3 aromatic rings. The van der Waals surface area contributed by atoms with Crippen LogP contribution in [-0.2, 0) is 0 Å². The van der Waals surface area contributed by atoms with Gasteiger partial charge in [0.05, 0.1) is 13.2 Å². The number of nitrogens with one attached hydrogen (secondary N) is 1. The Labute approximate surface area is 133 Å². The molecule has 3 N–H and O–H groups in total. The van der Waals surface area contributed by atoms with Gasteiger partial charge in [-0.1, -0.05) is 35.9 Å². The number of halogens is 1. The van der Waals surface area contributed by atoms with E-state index >= 15 is 0 Å². The number of nitrogens with zero attached hydrogens (tertiary/aromatic N) is 2. The molecular weight excluding hydrogens is 300 g/mol. The average Bonchev–Trinajstić information content (AvgIpc) is 3.04. The fourth-order valence-corrected chi connectivity index (χ4v) is 2.33. The molecule has 1 aromatic heterocycles. The molecule has 1 heterocycles. The van der Waals surface area contributed by atoms with E-state index in [2.05, 4.69) is 15.2 Å². The molecule has 0 amide bonds. The van der Waals surface area contributed by atoms with Crippen molar-refractivity contribution < 1.29 is 4.74 Å². The lowest BCUT2D eigenvalue weighted by atomic mass is 10.1. The third-order valence-corrected chi connectivity index (χ3v) is 3.59. The quantitative estimate of drug-likeness (QED) is 0.775. The van der Waals surface area contributed by atoms with Crippen molar-refractivity contribution in [3.05, 3.63) is 64.9 Å². The average molecular weight is 315 g/mol. The van der Waals surface area contributed by atoms with Gasteiger partial charge in [0.2, 0.25) is 0 Å². The van der Waals surface area contributed by atoms with E-state index in [1.54, 1.807) is 7.11 Å². The first-order valence-electron chi connectivity index (χ1n) is 6.75. The second-order valence-corrected chi connectivity index (χ2v) is 5.24. The fraction of sp³-hybridized carbons (Fsp3) is 0.125. The summed E-state index contributed by atoms with van der Waals surface area (Å²) in [5.41, 5.74) is 8.00. The monoisotopic (exact) mass is 314 g/mol. The van der Waals surface area contributed by atoms with Gasteiger partial charge in [-0.25, -0.2) is 4.98 Å². The molecule has 0 saturated carbocycles. The molecule has 0 aliphatic rings. The number of aromatic amines is 1. The number of ether oxygens (including phenoxy) is 1. The van der Waals surface area contributed by atoms with Crippen LogP contribution in [0.2, 0.25) is 5.02 Å². The standard InChI is InChI=1S/C16H15ClN4O/c1-22-13-7-5-10(6-8-13)14(18)16-19-15(20-21-16)11-3-2-4-12(17)9-11/h2-9,14H,18H2,1H3,(H,19,20,21). The van der Waals surface area contributed by atoms with E-state index in [0.717, 1.165) is 16.9 Å². The van der Waals surface area contributed by atoms with Crippen LogP contribution in [0.15, 0.2) is 48.5 Å². The van der Waals surface area contributed by atoms with Crippen LogP contribution in [0.5, 0.6) is 5.75 Å². The summed E-state index contributed by atoms with van der Waals surface area (Å²) in [5.74, 6) is 1.95. The van der Waals surface area contributed by atoms with Crippen molar-refractivity contribution in [2.24, 2.45) is 5.73 Å². The Kier molecular flexibility index (Phi) is 4.09. The second kappa shape index (κ2) is 6.17. The minimum Gasteiger partial charge on any atom is -0.497 e. The Morgan fingerprint density at radius 2 is 1.95 bits per heavy atom. The summed E-state index contributed by atoms with van der Waals surface area (Å²) >= 11 is 5.99. The minimum atomic E-state index is -0.383. The topological polar surface area (TPSA) is 76.8 Å². The molecular formula is C16H15ClN4O. The third-order valence-electron chi connectivity index (χ3n) is 3.36. The molecule has 3 rings (SSSR count). The van der Waals surface area contributed by atoms with Gasteiger partial charge in [-0.05, 0) is 29.8 Å². The highest BCUT2D eigenvalue weighted by Gasteiger charge is 2.15. The first-order chi connectivity index (χ1) is 10.7. The Hall–Kier alpha value is -2.37. The predicted molar refractivity (Wildman–Crippen MR) is 85.9 cm³/mol. The first kappa shape index (κ1) is 14.6. The molecule has 0 bridgehead atoms. The maximum absolute atomic E-state index is 6.23. The molecule has 1 atom stereocenters. The van der Waals surface area contributed by atoms with E-state index in [0.29, 0.717) is 16.7 Å². The van der Waals surface area contributed by atoms with Gasteiger partial charge in [0.25, 0.3) is 0 Å². The molecule has 1 unspecified atom stereocenters. The number of rotatable bonds is 4. The minimum absolute atomic E-state index is 0.383. The number of aromatic nitrogens is 3. The van der Waals surface area contributed by atoms with Crippen molar-refractivity contribution in [1.29, 1.82) is 0 Å². The maximum Gasteiger partial charge on any atom is 0.181 e. The van der Waals surface area contributed by atoms with Crippen LogP contribution in [-0.4, -0.2) is 22.3 Å². The highest BCUT2D eigenvalue weighted by molar-refractivity contribution is 6.30. The summed E-state index contributed by atoms with van der Waals surface area (Å²) in [6.45, 7) is 0. The van der Waals surface area contributed by atoms with E-state index in [9.17, 15) is 0 Å². The lowest BCUT2D eigenvalue weighted by molar-refractivity contribution is 0.414. The lowest BCUT2D eigenvalue weighted by Gasteiger charge is -2.09. The highest BCUT2D eigenvalue weighted by atomic mass is 35.5. The Balaban J connectivity index is 1.86. The molecule has 0 fully saturated rings. The van der Waals surface area contributed by atoms with Crippen molar-refractivity contribution in [1.82, 2.24) is 15.2 Å². The molecule has 0 aliphatic heterocycles.